The second kappa shape index (κ2) is 6.17. The lowest BCUT2D eigenvalue weighted by Gasteiger charge is -2.37. The molecule has 0 aromatic carbocycles. The van der Waals surface area contributed by atoms with Crippen molar-refractivity contribution in [3.05, 3.63) is 12.4 Å². The van der Waals surface area contributed by atoms with Gasteiger partial charge < -0.3 is 9.80 Å². The van der Waals surface area contributed by atoms with E-state index in [4.69, 9.17) is 0 Å². The molecule has 0 amide bonds. The molecule has 0 N–H and O–H groups in total. The monoisotopic (exact) mass is 224 g/mol. The molecule has 0 aliphatic carbocycles. The Bertz CT molecular complexity index is 203. The van der Waals surface area contributed by atoms with Crippen molar-refractivity contribution in [1.82, 2.24) is 9.80 Å². The van der Waals surface area contributed by atoms with Crippen molar-refractivity contribution < 1.29 is 0 Å². The Morgan fingerprint density at radius 1 is 0.938 bits per heavy atom. The maximum atomic E-state index is 2.50. The van der Waals surface area contributed by atoms with Crippen LogP contribution in [0, 0.1) is 0 Å². The molecule has 2 heteroatoms. The van der Waals surface area contributed by atoms with Gasteiger partial charge >= 0.3 is 0 Å². The molecule has 2 nitrogen and oxygen atoms in total. The molecule has 1 aliphatic heterocycles. The van der Waals surface area contributed by atoms with Crippen molar-refractivity contribution in [3.63, 3.8) is 0 Å². The summed E-state index contributed by atoms with van der Waals surface area (Å²) >= 11 is 0. The van der Waals surface area contributed by atoms with E-state index in [9.17, 15) is 0 Å². The highest BCUT2D eigenvalue weighted by molar-refractivity contribution is 4.99. The van der Waals surface area contributed by atoms with E-state index in [0.717, 1.165) is 0 Å². The summed E-state index contributed by atoms with van der Waals surface area (Å²) < 4.78 is 0. The molecule has 1 heterocycles. The molecule has 0 fully saturated rings. The molecule has 0 radical (unpaired) electrons. The number of hydrogen-bond acceptors (Lipinski definition) is 2. The fourth-order valence-electron chi connectivity index (χ4n) is 2.72. The van der Waals surface area contributed by atoms with E-state index < -0.39 is 0 Å². The molecule has 2 atom stereocenters. The number of rotatable bonds is 6. The van der Waals surface area contributed by atoms with Crippen LogP contribution in [0.2, 0.25) is 0 Å². The summed E-state index contributed by atoms with van der Waals surface area (Å²) in [5, 5.41) is 0. The van der Waals surface area contributed by atoms with Gasteiger partial charge in [-0.05, 0) is 33.6 Å². The van der Waals surface area contributed by atoms with Crippen LogP contribution in [0.3, 0.4) is 0 Å². The fourth-order valence-corrected chi connectivity index (χ4v) is 2.72. The fraction of sp³-hybridized carbons (Fsp3) is 0.857. The second-order valence-corrected chi connectivity index (χ2v) is 5.10. The Morgan fingerprint density at radius 3 is 1.62 bits per heavy atom. The third-order valence-electron chi connectivity index (χ3n) is 3.70. The van der Waals surface area contributed by atoms with Crippen molar-refractivity contribution in [3.8, 4) is 0 Å². The van der Waals surface area contributed by atoms with E-state index in [-0.39, 0.29) is 0 Å². The van der Waals surface area contributed by atoms with Gasteiger partial charge in [0.1, 0.15) is 0 Å². The average molecular weight is 224 g/mol. The van der Waals surface area contributed by atoms with Crippen LogP contribution in [0.1, 0.15) is 60.3 Å². The highest BCUT2D eigenvalue weighted by atomic mass is 15.4. The molecule has 0 aromatic rings. The topological polar surface area (TPSA) is 6.48 Å². The summed E-state index contributed by atoms with van der Waals surface area (Å²) in [6.07, 6.45) is 10.2. The van der Waals surface area contributed by atoms with Gasteiger partial charge in [-0.15, -0.1) is 0 Å². The van der Waals surface area contributed by atoms with Crippen LogP contribution in [0.25, 0.3) is 0 Å². The van der Waals surface area contributed by atoms with Crippen LogP contribution in [-0.4, -0.2) is 28.0 Å². The molecule has 1 aliphatic rings. The van der Waals surface area contributed by atoms with Gasteiger partial charge in [0.05, 0.1) is 6.17 Å². The van der Waals surface area contributed by atoms with Gasteiger partial charge in [-0.2, -0.15) is 0 Å². The van der Waals surface area contributed by atoms with Crippen molar-refractivity contribution >= 4 is 0 Å². The van der Waals surface area contributed by atoms with Gasteiger partial charge in [-0.25, -0.2) is 0 Å². The molecule has 1 rings (SSSR count). The predicted molar refractivity (Wildman–Crippen MR) is 71.0 cm³/mol. The van der Waals surface area contributed by atoms with Crippen LogP contribution in [0.15, 0.2) is 12.4 Å². The van der Waals surface area contributed by atoms with Gasteiger partial charge in [0.25, 0.3) is 0 Å². The van der Waals surface area contributed by atoms with Crippen LogP contribution in [-0.2, 0) is 0 Å². The minimum absolute atomic E-state index is 0.531. The standard InChI is InChI=1S/C14H28N2/c1-6-8-12(3)15-10-11-16(14(15)5)13(4)9-7-2/h10-14H,6-9H2,1-5H3. The van der Waals surface area contributed by atoms with Gasteiger partial charge in [0, 0.05) is 24.5 Å². The number of hydrogen-bond donors (Lipinski definition) is 0. The Labute approximate surface area is 101 Å². The summed E-state index contributed by atoms with van der Waals surface area (Å²) in [6.45, 7) is 11.5. The zero-order valence-electron chi connectivity index (χ0n) is 11.6. The molecular weight excluding hydrogens is 196 g/mol. The lowest BCUT2D eigenvalue weighted by Crippen LogP contribution is -2.43. The highest BCUT2D eigenvalue weighted by Gasteiger charge is 2.27. The van der Waals surface area contributed by atoms with E-state index >= 15 is 0 Å². The van der Waals surface area contributed by atoms with Crippen molar-refractivity contribution in [2.75, 3.05) is 0 Å². The normalized spacial score (nSPS) is 23.9. The highest BCUT2D eigenvalue weighted by Crippen LogP contribution is 2.24. The lowest BCUT2D eigenvalue weighted by atomic mass is 10.1. The van der Waals surface area contributed by atoms with Crippen LogP contribution >= 0.6 is 0 Å². The molecule has 2 unspecified atom stereocenters. The average Bonchev–Trinajstić information content (AvgIpc) is 2.61. The molecular formula is C14H28N2. The number of nitrogens with zero attached hydrogens (tertiary/aromatic N) is 2. The molecule has 0 bridgehead atoms. The Hall–Kier alpha value is -0.660. The van der Waals surface area contributed by atoms with E-state index in [1.54, 1.807) is 0 Å². The zero-order chi connectivity index (χ0) is 12.1. The van der Waals surface area contributed by atoms with Gasteiger partial charge in [0.15, 0.2) is 0 Å². The summed E-state index contributed by atoms with van der Waals surface area (Å²) in [5.74, 6) is 0. The molecule has 0 saturated heterocycles. The third-order valence-corrected chi connectivity index (χ3v) is 3.70. The van der Waals surface area contributed by atoms with Crippen molar-refractivity contribution in [2.24, 2.45) is 0 Å². The molecule has 0 saturated carbocycles. The Morgan fingerprint density at radius 2 is 1.31 bits per heavy atom. The van der Waals surface area contributed by atoms with E-state index in [1.807, 2.05) is 0 Å². The van der Waals surface area contributed by atoms with Gasteiger partial charge in [-0.1, -0.05) is 26.7 Å². The molecule has 0 aromatic heterocycles. The van der Waals surface area contributed by atoms with Gasteiger partial charge in [0.2, 0.25) is 0 Å². The Kier molecular flexibility index (Phi) is 5.17. The summed E-state index contributed by atoms with van der Waals surface area (Å²) in [6, 6.07) is 1.32. The Balaban J connectivity index is 2.53. The maximum Gasteiger partial charge on any atom is 0.0983 e. The SMILES string of the molecule is CCCC(C)N1C=CN(C(C)CCC)C1C. The second-order valence-electron chi connectivity index (χ2n) is 5.10. The summed E-state index contributed by atoms with van der Waals surface area (Å²) in [4.78, 5) is 4.99. The van der Waals surface area contributed by atoms with Crippen molar-refractivity contribution in [2.45, 2.75) is 78.6 Å². The quantitative estimate of drug-likeness (QED) is 0.677. The smallest absolute Gasteiger partial charge is 0.0983 e. The first-order valence-corrected chi connectivity index (χ1v) is 6.85. The molecule has 0 spiro atoms. The largest absolute Gasteiger partial charge is 0.354 e. The van der Waals surface area contributed by atoms with Crippen LogP contribution < -0.4 is 0 Å². The molecule has 16 heavy (non-hydrogen) atoms. The summed E-state index contributed by atoms with van der Waals surface area (Å²) in [5.41, 5.74) is 0. The van der Waals surface area contributed by atoms with Crippen LogP contribution in [0.4, 0.5) is 0 Å². The van der Waals surface area contributed by atoms with Crippen molar-refractivity contribution in [1.29, 1.82) is 0 Å². The zero-order valence-corrected chi connectivity index (χ0v) is 11.6. The molecule has 94 valence electrons. The lowest BCUT2D eigenvalue weighted by molar-refractivity contribution is 0.102. The van der Waals surface area contributed by atoms with E-state index in [2.05, 4.69) is 56.8 Å². The minimum atomic E-state index is 0.531. The first-order valence-electron chi connectivity index (χ1n) is 6.85. The first-order chi connectivity index (χ1) is 7.61. The summed E-state index contributed by atoms with van der Waals surface area (Å²) in [7, 11) is 0. The predicted octanol–water partition coefficient (Wildman–Crippen LogP) is 3.80. The van der Waals surface area contributed by atoms with Gasteiger partial charge in [-0.3, -0.25) is 0 Å². The van der Waals surface area contributed by atoms with E-state index in [1.165, 1.54) is 25.7 Å². The van der Waals surface area contributed by atoms with E-state index in [0.29, 0.717) is 18.2 Å². The third kappa shape index (κ3) is 2.93. The van der Waals surface area contributed by atoms with Crippen LogP contribution in [0.5, 0.6) is 0 Å². The minimum Gasteiger partial charge on any atom is -0.354 e. The maximum absolute atomic E-state index is 2.50. The first kappa shape index (κ1) is 13.4.